The van der Waals surface area contributed by atoms with Gasteiger partial charge in [-0.1, -0.05) is 19.1 Å². The van der Waals surface area contributed by atoms with Crippen LogP contribution in [-0.4, -0.2) is 25.7 Å². The van der Waals surface area contributed by atoms with Gasteiger partial charge in [0.1, 0.15) is 0 Å². The Bertz CT molecular complexity index is 459. The normalized spacial score (nSPS) is 21.4. The fourth-order valence-electron chi connectivity index (χ4n) is 3.11. The van der Waals surface area contributed by atoms with Gasteiger partial charge in [0.2, 0.25) is 0 Å². The summed E-state index contributed by atoms with van der Waals surface area (Å²) >= 11 is 0. The molecule has 2 nitrogen and oxygen atoms in total. The van der Waals surface area contributed by atoms with Gasteiger partial charge in [0.05, 0.1) is 5.56 Å². The fraction of sp³-hybridized carbons (Fsp3) is 0.625. The number of rotatable bonds is 4. The lowest BCUT2D eigenvalue weighted by atomic mass is 9.91. The van der Waals surface area contributed by atoms with Crippen molar-refractivity contribution in [2.24, 2.45) is 5.92 Å². The highest BCUT2D eigenvalue weighted by molar-refractivity contribution is 5.55. The van der Waals surface area contributed by atoms with E-state index in [0.717, 1.165) is 19.4 Å². The Balaban J connectivity index is 2.19. The summed E-state index contributed by atoms with van der Waals surface area (Å²) in [7, 11) is 0. The summed E-state index contributed by atoms with van der Waals surface area (Å²) < 4.78 is 39.4. The fourth-order valence-corrected chi connectivity index (χ4v) is 3.11. The van der Waals surface area contributed by atoms with E-state index in [1.807, 2.05) is 4.90 Å². The highest BCUT2D eigenvalue weighted by Gasteiger charge is 2.35. The van der Waals surface area contributed by atoms with E-state index in [1.165, 1.54) is 12.1 Å². The number of alkyl halides is 3. The Morgan fingerprint density at radius 1 is 1.33 bits per heavy atom. The molecule has 1 saturated heterocycles. The van der Waals surface area contributed by atoms with Crippen molar-refractivity contribution in [2.75, 3.05) is 24.5 Å². The molecule has 2 rings (SSSR count). The number of halogens is 3. The van der Waals surface area contributed by atoms with Gasteiger partial charge in [-0.25, -0.2) is 0 Å². The summed E-state index contributed by atoms with van der Waals surface area (Å²) in [5.41, 5.74) is -0.208. The van der Waals surface area contributed by atoms with Crippen molar-refractivity contribution in [1.29, 1.82) is 0 Å². The standard InChI is InChI=1S/C16H23F3N2/c1-3-20-12(2)13-7-6-10-21(11-13)15-9-5-4-8-14(15)16(17,18)19/h4-5,8-9,12-13,20H,3,6-7,10-11H2,1-2H3. The number of hydrogen-bond acceptors (Lipinski definition) is 2. The van der Waals surface area contributed by atoms with E-state index in [-0.39, 0.29) is 0 Å². The Kier molecular flexibility index (Phi) is 5.14. The second-order valence-electron chi connectivity index (χ2n) is 5.71. The molecular formula is C16H23F3N2. The first-order chi connectivity index (χ1) is 9.93. The molecule has 5 heteroatoms. The molecule has 1 aromatic rings. The number of nitrogens with one attached hydrogen (secondary N) is 1. The van der Waals surface area contributed by atoms with Crippen molar-refractivity contribution in [3.63, 3.8) is 0 Å². The Hall–Kier alpha value is -1.23. The van der Waals surface area contributed by atoms with E-state index in [4.69, 9.17) is 0 Å². The summed E-state index contributed by atoms with van der Waals surface area (Å²) in [4.78, 5) is 1.89. The summed E-state index contributed by atoms with van der Waals surface area (Å²) in [6.45, 7) is 6.43. The minimum Gasteiger partial charge on any atom is -0.371 e. The van der Waals surface area contributed by atoms with Crippen LogP contribution in [0.25, 0.3) is 0 Å². The van der Waals surface area contributed by atoms with Gasteiger partial charge < -0.3 is 10.2 Å². The molecule has 1 N–H and O–H groups in total. The summed E-state index contributed by atoms with van der Waals surface area (Å²) in [5, 5.41) is 3.38. The molecule has 1 fully saturated rings. The van der Waals surface area contributed by atoms with Gasteiger partial charge in [0, 0.05) is 24.8 Å². The summed E-state index contributed by atoms with van der Waals surface area (Å²) in [6, 6.07) is 6.23. The maximum absolute atomic E-state index is 13.1. The molecule has 0 amide bonds. The van der Waals surface area contributed by atoms with Crippen LogP contribution in [0.4, 0.5) is 18.9 Å². The zero-order valence-corrected chi connectivity index (χ0v) is 12.6. The van der Waals surface area contributed by atoms with Crippen LogP contribution in [-0.2, 0) is 6.18 Å². The molecule has 0 bridgehead atoms. The lowest BCUT2D eigenvalue weighted by Gasteiger charge is -2.38. The van der Waals surface area contributed by atoms with Crippen molar-refractivity contribution >= 4 is 5.69 Å². The Morgan fingerprint density at radius 3 is 2.71 bits per heavy atom. The summed E-state index contributed by atoms with van der Waals surface area (Å²) in [6.07, 6.45) is -2.29. The van der Waals surface area contributed by atoms with E-state index in [0.29, 0.717) is 30.7 Å². The van der Waals surface area contributed by atoms with Crippen molar-refractivity contribution < 1.29 is 13.2 Å². The maximum atomic E-state index is 13.1. The minimum atomic E-state index is -4.29. The van der Waals surface area contributed by atoms with Gasteiger partial charge in [-0.2, -0.15) is 13.2 Å². The molecule has 21 heavy (non-hydrogen) atoms. The van der Waals surface area contributed by atoms with Crippen LogP contribution in [0, 0.1) is 5.92 Å². The lowest BCUT2D eigenvalue weighted by Crippen LogP contribution is -2.45. The van der Waals surface area contributed by atoms with Crippen molar-refractivity contribution in [1.82, 2.24) is 5.32 Å². The molecule has 1 heterocycles. The van der Waals surface area contributed by atoms with Gasteiger partial charge in [-0.3, -0.25) is 0 Å². The predicted octanol–water partition coefficient (Wildman–Crippen LogP) is 3.92. The van der Waals surface area contributed by atoms with Gasteiger partial charge in [0.25, 0.3) is 0 Å². The van der Waals surface area contributed by atoms with E-state index >= 15 is 0 Å². The monoisotopic (exact) mass is 300 g/mol. The van der Waals surface area contributed by atoms with Gasteiger partial charge >= 0.3 is 6.18 Å². The Morgan fingerprint density at radius 2 is 2.05 bits per heavy atom. The molecule has 1 aliphatic heterocycles. The second-order valence-corrected chi connectivity index (χ2v) is 5.71. The highest BCUT2D eigenvalue weighted by Crippen LogP contribution is 2.38. The van der Waals surface area contributed by atoms with E-state index < -0.39 is 11.7 Å². The number of piperidine rings is 1. The predicted molar refractivity (Wildman–Crippen MR) is 79.5 cm³/mol. The van der Waals surface area contributed by atoms with E-state index in [2.05, 4.69) is 19.2 Å². The number of hydrogen-bond donors (Lipinski definition) is 1. The first-order valence-corrected chi connectivity index (χ1v) is 7.58. The molecule has 0 spiro atoms. The van der Waals surface area contributed by atoms with E-state index in [9.17, 15) is 13.2 Å². The average molecular weight is 300 g/mol. The van der Waals surface area contributed by atoms with Crippen LogP contribution in [0.3, 0.4) is 0 Å². The molecule has 2 atom stereocenters. The third kappa shape index (κ3) is 3.90. The number of benzene rings is 1. The molecular weight excluding hydrogens is 277 g/mol. The number of para-hydroxylation sites is 1. The maximum Gasteiger partial charge on any atom is 0.418 e. The minimum absolute atomic E-state index is 0.318. The molecule has 0 radical (unpaired) electrons. The molecule has 0 aromatic heterocycles. The zero-order valence-electron chi connectivity index (χ0n) is 12.6. The number of nitrogens with zero attached hydrogens (tertiary/aromatic N) is 1. The molecule has 0 saturated carbocycles. The van der Waals surface area contributed by atoms with E-state index in [1.54, 1.807) is 12.1 Å². The first-order valence-electron chi connectivity index (χ1n) is 7.58. The van der Waals surface area contributed by atoms with Gasteiger partial charge in [-0.15, -0.1) is 0 Å². The molecule has 0 aliphatic carbocycles. The van der Waals surface area contributed by atoms with Crippen molar-refractivity contribution in [3.05, 3.63) is 29.8 Å². The SMILES string of the molecule is CCNC(C)C1CCCN(c2ccccc2C(F)(F)F)C1. The van der Waals surface area contributed by atoms with Crippen LogP contribution >= 0.6 is 0 Å². The zero-order chi connectivity index (χ0) is 15.5. The van der Waals surface area contributed by atoms with Crippen LogP contribution in [0.5, 0.6) is 0 Å². The molecule has 1 aromatic carbocycles. The molecule has 118 valence electrons. The molecule has 1 aliphatic rings. The first kappa shape index (κ1) is 16.1. The van der Waals surface area contributed by atoms with Gasteiger partial charge in [-0.05, 0) is 44.4 Å². The van der Waals surface area contributed by atoms with Crippen LogP contribution in [0.2, 0.25) is 0 Å². The Labute approximate surface area is 124 Å². The van der Waals surface area contributed by atoms with Crippen molar-refractivity contribution in [2.45, 2.75) is 38.9 Å². The third-order valence-electron chi connectivity index (χ3n) is 4.24. The van der Waals surface area contributed by atoms with Gasteiger partial charge in [0.15, 0.2) is 0 Å². The van der Waals surface area contributed by atoms with Crippen molar-refractivity contribution in [3.8, 4) is 0 Å². The van der Waals surface area contributed by atoms with Crippen LogP contribution in [0.15, 0.2) is 24.3 Å². The summed E-state index contributed by atoms with van der Waals surface area (Å²) in [5.74, 6) is 0.389. The molecule has 2 unspecified atom stereocenters. The van der Waals surface area contributed by atoms with Crippen LogP contribution in [0.1, 0.15) is 32.3 Å². The smallest absolute Gasteiger partial charge is 0.371 e. The highest BCUT2D eigenvalue weighted by atomic mass is 19.4. The quantitative estimate of drug-likeness (QED) is 0.906. The largest absolute Gasteiger partial charge is 0.418 e. The average Bonchev–Trinajstić information content (AvgIpc) is 2.47. The third-order valence-corrected chi connectivity index (χ3v) is 4.24. The van der Waals surface area contributed by atoms with Crippen LogP contribution < -0.4 is 10.2 Å². The lowest BCUT2D eigenvalue weighted by molar-refractivity contribution is -0.137. The topological polar surface area (TPSA) is 15.3 Å². The second kappa shape index (κ2) is 6.69. The number of anilines is 1.